The molecule has 138 valence electrons. The molecule has 0 radical (unpaired) electrons. The molecule has 0 aliphatic heterocycles. The van der Waals surface area contributed by atoms with Gasteiger partial charge in [-0.25, -0.2) is 4.68 Å². The average molecular weight is 370 g/mol. The second kappa shape index (κ2) is 8.99. The predicted octanol–water partition coefficient (Wildman–Crippen LogP) is 5.26. The Morgan fingerprint density at radius 1 is 1.15 bits per heavy atom. The molecule has 1 aromatic heterocycles. The van der Waals surface area contributed by atoms with Crippen molar-refractivity contribution in [1.82, 2.24) is 4.68 Å². The van der Waals surface area contributed by atoms with E-state index in [0.29, 0.717) is 6.54 Å². The van der Waals surface area contributed by atoms with Crippen molar-refractivity contribution in [2.45, 2.75) is 45.4 Å². The van der Waals surface area contributed by atoms with Crippen LogP contribution < -0.4 is 9.54 Å². The minimum absolute atomic E-state index is 0.632. The molecular formula is C21H27N3OS. The van der Waals surface area contributed by atoms with Crippen molar-refractivity contribution in [3.05, 3.63) is 46.6 Å². The van der Waals surface area contributed by atoms with E-state index in [1.54, 1.807) is 18.4 Å². The van der Waals surface area contributed by atoms with Crippen LogP contribution in [-0.2, 0) is 0 Å². The summed E-state index contributed by atoms with van der Waals surface area (Å²) in [6, 6.07) is 8.13. The van der Waals surface area contributed by atoms with Gasteiger partial charge in [-0.15, -0.1) is 11.3 Å². The highest BCUT2D eigenvalue weighted by atomic mass is 32.1. The Bertz CT molecular complexity index is 833. The normalized spacial score (nSPS) is 15.6. The van der Waals surface area contributed by atoms with E-state index in [1.807, 2.05) is 23.7 Å². The van der Waals surface area contributed by atoms with Crippen molar-refractivity contribution < 1.29 is 4.74 Å². The van der Waals surface area contributed by atoms with Crippen molar-refractivity contribution in [3.8, 4) is 17.0 Å². The second-order valence-electron chi connectivity index (χ2n) is 6.80. The molecule has 1 aromatic carbocycles. The molecule has 0 bridgehead atoms. The van der Waals surface area contributed by atoms with Gasteiger partial charge in [-0.1, -0.05) is 25.0 Å². The van der Waals surface area contributed by atoms with Crippen LogP contribution in [0.3, 0.4) is 0 Å². The molecule has 1 aliphatic carbocycles. The first-order valence-corrected chi connectivity index (χ1v) is 10.1. The number of methoxy groups -OCH3 is 1. The monoisotopic (exact) mass is 369 g/mol. The summed E-state index contributed by atoms with van der Waals surface area (Å²) in [5, 5.41) is 7.16. The number of aromatic nitrogens is 1. The topological polar surface area (TPSA) is 38.9 Å². The molecule has 0 N–H and O–H groups in total. The number of benzene rings is 1. The molecule has 1 fully saturated rings. The number of hydrogen-bond donors (Lipinski definition) is 0. The summed E-state index contributed by atoms with van der Waals surface area (Å²) in [6.45, 7) is 6.60. The molecular weight excluding hydrogens is 342 g/mol. The first kappa shape index (κ1) is 18.6. The molecule has 26 heavy (non-hydrogen) atoms. The first-order chi connectivity index (χ1) is 12.7. The molecule has 3 rings (SSSR count). The Morgan fingerprint density at radius 3 is 2.46 bits per heavy atom. The Kier molecular flexibility index (Phi) is 6.45. The summed E-state index contributed by atoms with van der Waals surface area (Å²) in [5.41, 5.74) is 4.54. The number of nitrogens with zero attached hydrogens (tertiary/aromatic N) is 3. The number of hydrogen-bond acceptors (Lipinski definition) is 4. The Balaban J connectivity index is 2.04. The van der Waals surface area contributed by atoms with Gasteiger partial charge in [0.25, 0.3) is 0 Å². The van der Waals surface area contributed by atoms with Crippen molar-refractivity contribution >= 4 is 17.0 Å². The molecule has 2 aromatic rings. The van der Waals surface area contributed by atoms with Gasteiger partial charge in [0.05, 0.1) is 19.3 Å². The van der Waals surface area contributed by atoms with Gasteiger partial charge in [0.1, 0.15) is 5.75 Å². The van der Waals surface area contributed by atoms with Crippen LogP contribution in [0.25, 0.3) is 11.3 Å². The predicted molar refractivity (Wildman–Crippen MR) is 110 cm³/mol. The summed E-state index contributed by atoms with van der Waals surface area (Å²) in [4.78, 5) is 5.65. The molecule has 0 amide bonds. The highest BCUT2D eigenvalue weighted by Gasteiger charge is 2.11. The zero-order valence-electron chi connectivity index (χ0n) is 15.7. The second-order valence-corrected chi connectivity index (χ2v) is 7.63. The van der Waals surface area contributed by atoms with E-state index in [-0.39, 0.29) is 0 Å². The van der Waals surface area contributed by atoms with Gasteiger partial charge in [-0.3, -0.25) is 4.99 Å². The standard InChI is InChI=1S/C21H27N3OS/c1-16(2)14-22-21-24(23-18-8-6-4-5-7-9-18)20(15-26-21)17-10-12-19(25-3)13-11-17/h10-13,15H,1,4-9,14H2,2-3H3. The van der Waals surface area contributed by atoms with Gasteiger partial charge < -0.3 is 4.74 Å². The van der Waals surface area contributed by atoms with Crippen LogP contribution in [0.2, 0.25) is 0 Å². The van der Waals surface area contributed by atoms with Gasteiger partial charge in [-0.2, -0.15) is 5.10 Å². The van der Waals surface area contributed by atoms with Crippen molar-refractivity contribution in [2.75, 3.05) is 13.7 Å². The van der Waals surface area contributed by atoms with E-state index in [1.165, 1.54) is 31.4 Å². The van der Waals surface area contributed by atoms with Crippen molar-refractivity contribution in [1.29, 1.82) is 0 Å². The summed E-state index contributed by atoms with van der Waals surface area (Å²) >= 11 is 1.63. The lowest BCUT2D eigenvalue weighted by atomic mass is 10.1. The third-order valence-corrected chi connectivity index (χ3v) is 5.33. The Morgan fingerprint density at radius 2 is 1.85 bits per heavy atom. The van der Waals surface area contributed by atoms with Gasteiger partial charge in [0, 0.05) is 16.7 Å². The smallest absolute Gasteiger partial charge is 0.206 e. The zero-order chi connectivity index (χ0) is 18.4. The number of rotatable bonds is 5. The molecule has 4 nitrogen and oxygen atoms in total. The van der Waals surface area contributed by atoms with E-state index in [0.717, 1.165) is 40.2 Å². The molecule has 0 unspecified atom stereocenters. The maximum absolute atomic E-state index is 5.28. The lowest BCUT2D eigenvalue weighted by Gasteiger charge is -2.08. The van der Waals surface area contributed by atoms with Crippen LogP contribution in [0.1, 0.15) is 45.4 Å². The zero-order valence-corrected chi connectivity index (χ0v) is 16.5. The molecule has 0 spiro atoms. The van der Waals surface area contributed by atoms with Crippen LogP contribution in [0.15, 0.2) is 51.9 Å². The molecule has 1 saturated carbocycles. The van der Waals surface area contributed by atoms with Gasteiger partial charge in [0.2, 0.25) is 4.80 Å². The van der Waals surface area contributed by atoms with Gasteiger partial charge in [-0.05, 0) is 56.9 Å². The van der Waals surface area contributed by atoms with E-state index < -0.39 is 0 Å². The SMILES string of the molecule is C=C(C)CN=c1scc(-c2ccc(OC)cc2)n1N=C1CCCCCC1. The third-order valence-electron chi connectivity index (χ3n) is 4.48. The fraction of sp³-hybridized carbons (Fsp3) is 0.429. The Labute approximate surface area is 159 Å². The van der Waals surface area contributed by atoms with Crippen LogP contribution in [0.4, 0.5) is 0 Å². The van der Waals surface area contributed by atoms with E-state index >= 15 is 0 Å². The van der Waals surface area contributed by atoms with Gasteiger partial charge in [0.15, 0.2) is 0 Å². The summed E-state index contributed by atoms with van der Waals surface area (Å²) in [5.74, 6) is 0.859. The minimum Gasteiger partial charge on any atom is -0.497 e. The maximum atomic E-state index is 5.28. The van der Waals surface area contributed by atoms with Crippen LogP contribution in [0.5, 0.6) is 5.75 Å². The number of thiazole rings is 1. The molecule has 5 heteroatoms. The Hall–Kier alpha value is -2.14. The van der Waals surface area contributed by atoms with Crippen LogP contribution >= 0.6 is 11.3 Å². The highest BCUT2D eigenvalue weighted by molar-refractivity contribution is 7.07. The van der Waals surface area contributed by atoms with Crippen LogP contribution in [0, 0.1) is 0 Å². The van der Waals surface area contributed by atoms with E-state index in [9.17, 15) is 0 Å². The fourth-order valence-electron chi connectivity index (χ4n) is 3.05. The summed E-state index contributed by atoms with van der Waals surface area (Å²) in [6.07, 6.45) is 7.27. The van der Waals surface area contributed by atoms with E-state index in [2.05, 4.69) is 24.1 Å². The van der Waals surface area contributed by atoms with Crippen molar-refractivity contribution in [2.24, 2.45) is 10.1 Å². The van der Waals surface area contributed by atoms with Crippen LogP contribution in [-0.4, -0.2) is 24.0 Å². The molecule has 1 heterocycles. The summed E-state index contributed by atoms with van der Waals surface area (Å²) in [7, 11) is 1.69. The van der Waals surface area contributed by atoms with Gasteiger partial charge >= 0.3 is 0 Å². The first-order valence-electron chi connectivity index (χ1n) is 9.24. The lowest BCUT2D eigenvalue weighted by molar-refractivity contribution is 0.415. The third kappa shape index (κ3) is 4.73. The lowest BCUT2D eigenvalue weighted by Crippen LogP contribution is -2.15. The fourth-order valence-corrected chi connectivity index (χ4v) is 3.88. The van der Waals surface area contributed by atoms with Crippen molar-refractivity contribution in [3.63, 3.8) is 0 Å². The average Bonchev–Trinajstić information content (AvgIpc) is 2.86. The largest absolute Gasteiger partial charge is 0.497 e. The molecule has 0 atom stereocenters. The quantitative estimate of drug-likeness (QED) is 0.523. The summed E-state index contributed by atoms with van der Waals surface area (Å²) < 4.78 is 7.30. The highest BCUT2D eigenvalue weighted by Crippen LogP contribution is 2.24. The van der Waals surface area contributed by atoms with E-state index in [4.69, 9.17) is 14.8 Å². The molecule has 1 aliphatic rings. The maximum Gasteiger partial charge on any atom is 0.206 e. The number of ether oxygens (including phenoxy) is 1. The minimum atomic E-state index is 0.632. The molecule has 0 saturated heterocycles.